The smallest absolute Gasteiger partial charge is 0.407 e. The molecule has 0 radical (unpaired) electrons. The van der Waals surface area contributed by atoms with Crippen LogP contribution in [0.15, 0.2) is 0 Å². The number of ether oxygens (including phenoxy) is 1. The van der Waals surface area contributed by atoms with Gasteiger partial charge in [-0.25, -0.2) is 4.79 Å². The van der Waals surface area contributed by atoms with E-state index >= 15 is 0 Å². The van der Waals surface area contributed by atoms with E-state index in [0.717, 1.165) is 58.3 Å². The largest absolute Gasteiger partial charge is 0.465 e. The summed E-state index contributed by atoms with van der Waals surface area (Å²) >= 11 is 0. The minimum absolute atomic E-state index is 0.126. The number of carboxylic acid groups (broad SMARTS) is 1. The predicted octanol–water partition coefficient (Wildman–Crippen LogP) is 1.49. The lowest BCUT2D eigenvalue weighted by atomic mass is 9.82. The van der Waals surface area contributed by atoms with E-state index < -0.39 is 6.09 Å². The molecule has 0 heterocycles. The van der Waals surface area contributed by atoms with Crippen molar-refractivity contribution in [3.05, 3.63) is 0 Å². The summed E-state index contributed by atoms with van der Waals surface area (Å²) in [5, 5.41) is 26.8. The highest BCUT2D eigenvalue weighted by molar-refractivity contribution is 5.64. The SMILES string of the molecule is CN(CC1CCC(COCCCCN(CCO)CCO)CC1)C(=O)O. The number of amides is 1. The van der Waals surface area contributed by atoms with Gasteiger partial charge in [0.15, 0.2) is 0 Å². The molecule has 1 aliphatic carbocycles. The Hall–Kier alpha value is -0.890. The molecule has 1 aliphatic rings. The zero-order valence-electron chi connectivity index (χ0n) is 15.6. The van der Waals surface area contributed by atoms with Crippen molar-refractivity contribution in [1.29, 1.82) is 0 Å². The first-order chi connectivity index (χ1) is 12.1. The van der Waals surface area contributed by atoms with Gasteiger partial charge in [0.1, 0.15) is 0 Å². The van der Waals surface area contributed by atoms with Gasteiger partial charge in [0.05, 0.1) is 13.2 Å². The molecule has 0 atom stereocenters. The fourth-order valence-corrected chi connectivity index (χ4v) is 3.45. The molecule has 0 aliphatic heterocycles. The van der Waals surface area contributed by atoms with Crippen molar-refractivity contribution >= 4 is 6.09 Å². The summed E-state index contributed by atoms with van der Waals surface area (Å²) in [6, 6.07) is 0. The fourth-order valence-electron chi connectivity index (χ4n) is 3.45. The Morgan fingerprint density at radius 2 is 1.60 bits per heavy atom. The van der Waals surface area contributed by atoms with E-state index in [4.69, 9.17) is 20.1 Å². The van der Waals surface area contributed by atoms with Crippen molar-refractivity contribution in [2.45, 2.75) is 38.5 Å². The number of nitrogens with zero attached hydrogens (tertiary/aromatic N) is 2. The Morgan fingerprint density at radius 1 is 1.00 bits per heavy atom. The summed E-state index contributed by atoms with van der Waals surface area (Å²) in [5.74, 6) is 1.09. The van der Waals surface area contributed by atoms with Crippen molar-refractivity contribution in [3.63, 3.8) is 0 Å². The number of aliphatic hydroxyl groups excluding tert-OH is 2. The van der Waals surface area contributed by atoms with Gasteiger partial charge >= 0.3 is 6.09 Å². The van der Waals surface area contributed by atoms with Gasteiger partial charge in [0, 0.05) is 39.9 Å². The van der Waals surface area contributed by atoms with Crippen LogP contribution in [-0.2, 0) is 4.74 Å². The second kappa shape index (κ2) is 13.3. The highest BCUT2D eigenvalue weighted by Crippen LogP contribution is 2.29. The van der Waals surface area contributed by atoms with Crippen LogP contribution in [0.1, 0.15) is 38.5 Å². The predicted molar refractivity (Wildman–Crippen MR) is 96.8 cm³/mol. The van der Waals surface area contributed by atoms with Gasteiger partial charge in [0.25, 0.3) is 0 Å². The van der Waals surface area contributed by atoms with Gasteiger partial charge in [-0.15, -0.1) is 0 Å². The summed E-state index contributed by atoms with van der Waals surface area (Å²) in [5.41, 5.74) is 0. The van der Waals surface area contributed by atoms with Gasteiger partial charge in [0.2, 0.25) is 0 Å². The van der Waals surface area contributed by atoms with E-state index in [1.807, 2.05) is 0 Å². The van der Waals surface area contributed by atoms with Crippen molar-refractivity contribution in [3.8, 4) is 0 Å². The molecule has 1 fully saturated rings. The second-order valence-electron chi connectivity index (χ2n) is 7.12. The molecule has 148 valence electrons. The summed E-state index contributed by atoms with van der Waals surface area (Å²) in [6.45, 7) is 4.56. The number of unbranched alkanes of at least 4 members (excludes halogenated alkanes) is 1. The second-order valence-corrected chi connectivity index (χ2v) is 7.12. The van der Waals surface area contributed by atoms with E-state index in [1.165, 1.54) is 4.90 Å². The van der Waals surface area contributed by atoms with Crippen LogP contribution in [0.25, 0.3) is 0 Å². The molecule has 0 aromatic heterocycles. The number of rotatable bonds is 13. The molecule has 0 saturated heterocycles. The third kappa shape index (κ3) is 9.99. The minimum atomic E-state index is -0.845. The maximum absolute atomic E-state index is 10.9. The van der Waals surface area contributed by atoms with E-state index in [-0.39, 0.29) is 13.2 Å². The normalized spacial score (nSPS) is 20.8. The Labute approximate surface area is 151 Å². The average Bonchev–Trinajstić information content (AvgIpc) is 2.59. The first-order valence-electron chi connectivity index (χ1n) is 9.52. The number of carbonyl (C=O) groups is 1. The third-order valence-electron chi connectivity index (χ3n) is 5.02. The zero-order valence-corrected chi connectivity index (χ0v) is 15.6. The molecule has 1 rings (SSSR count). The number of hydrogen-bond acceptors (Lipinski definition) is 5. The fraction of sp³-hybridized carbons (Fsp3) is 0.944. The lowest BCUT2D eigenvalue weighted by Gasteiger charge is -2.30. The molecule has 0 aromatic carbocycles. The van der Waals surface area contributed by atoms with Crippen molar-refractivity contribution < 1.29 is 24.9 Å². The van der Waals surface area contributed by atoms with E-state index in [9.17, 15) is 4.79 Å². The quantitative estimate of drug-likeness (QED) is 0.431. The molecular formula is C18H36N2O5. The topological polar surface area (TPSA) is 93.5 Å². The molecule has 0 spiro atoms. The van der Waals surface area contributed by atoms with Crippen molar-refractivity contribution in [2.24, 2.45) is 11.8 Å². The Bertz CT molecular complexity index is 342. The Kier molecular flexibility index (Phi) is 11.8. The van der Waals surface area contributed by atoms with Gasteiger partial charge in [-0.2, -0.15) is 0 Å². The van der Waals surface area contributed by atoms with Gasteiger partial charge in [-0.05, 0) is 56.9 Å². The van der Waals surface area contributed by atoms with Crippen LogP contribution in [-0.4, -0.2) is 90.9 Å². The standard InChI is InChI=1S/C18H36N2O5/c1-19(18(23)24)14-16-4-6-17(7-5-16)15-25-13-3-2-8-20(9-11-21)10-12-22/h16-17,21-22H,2-15H2,1H3,(H,23,24). The molecule has 1 amide bonds. The average molecular weight is 360 g/mol. The Balaban J connectivity index is 2.02. The van der Waals surface area contributed by atoms with Gasteiger partial charge in [-0.3, -0.25) is 4.90 Å². The number of hydrogen-bond donors (Lipinski definition) is 3. The van der Waals surface area contributed by atoms with E-state index in [2.05, 4.69) is 4.90 Å². The van der Waals surface area contributed by atoms with Crippen molar-refractivity contribution in [2.75, 3.05) is 59.7 Å². The highest BCUT2D eigenvalue weighted by Gasteiger charge is 2.23. The molecule has 7 heteroatoms. The summed E-state index contributed by atoms with van der Waals surface area (Å²) < 4.78 is 5.81. The van der Waals surface area contributed by atoms with Crippen LogP contribution in [0.2, 0.25) is 0 Å². The minimum Gasteiger partial charge on any atom is -0.465 e. The first kappa shape index (κ1) is 22.2. The lowest BCUT2D eigenvalue weighted by Crippen LogP contribution is -2.32. The van der Waals surface area contributed by atoms with Crippen LogP contribution in [0.4, 0.5) is 4.79 Å². The van der Waals surface area contributed by atoms with E-state index in [0.29, 0.717) is 31.5 Å². The third-order valence-corrected chi connectivity index (χ3v) is 5.02. The zero-order chi connectivity index (χ0) is 18.5. The number of aliphatic hydroxyl groups is 2. The maximum Gasteiger partial charge on any atom is 0.407 e. The lowest BCUT2D eigenvalue weighted by molar-refractivity contribution is 0.0693. The van der Waals surface area contributed by atoms with Crippen LogP contribution in [0, 0.1) is 11.8 Å². The Morgan fingerprint density at radius 3 is 2.16 bits per heavy atom. The first-order valence-corrected chi connectivity index (χ1v) is 9.52. The molecule has 0 unspecified atom stereocenters. The molecular weight excluding hydrogens is 324 g/mol. The van der Waals surface area contributed by atoms with Gasteiger partial charge < -0.3 is 25.0 Å². The monoisotopic (exact) mass is 360 g/mol. The summed E-state index contributed by atoms with van der Waals surface area (Å²) in [6.07, 6.45) is 5.58. The molecule has 25 heavy (non-hydrogen) atoms. The van der Waals surface area contributed by atoms with Crippen molar-refractivity contribution in [1.82, 2.24) is 9.80 Å². The van der Waals surface area contributed by atoms with Crippen LogP contribution in [0.3, 0.4) is 0 Å². The highest BCUT2D eigenvalue weighted by atomic mass is 16.5. The molecule has 0 bridgehead atoms. The molecule has 7 nitrogen and oxygen atoms in total. The van der Waals surface area contributed by atoms with Crippen LogP contribution in [0.5, 0.6) is 0 Å². The maximum atomic E-state index is 10.9. The van der Waals surface area contributed by atoms with Gasteiger partial charge in [-0.1, -0.05) is 0 Å². The summed E-state index contributed by atoms with van der Waals surface area (Å²) in [4.78, 5) is 14.3. The van der Waals surface area contributed by atoms with Crippen LogP contribution < -0.4 is 0 Å². The molecule has 0 aromatic rings. The molecule has 3 N–H and O–H groups in total. The molecule has 1 saturated carbocycles. The van der Waals surface area contributed by atoms with Crippen LogP contribution >= 0.6 is 0 Å². The summed E-state index contributed by atoms with van der Waals surface area (Å²) in [7, 11) is 1.64. The van der Waals surface area contributed by atoms with E-state index in [1.54, 1.807) is 7.05 Å².